The molecule has 1 aromatic rings. The monoisotopic (exact) mass is 187 g/mol. The van der Waals surface area contributed by atoms with E-state index in [9.17, 15) is 9.18 Å². The predicted octanol–water partition coefficient (Wildman–Crippen LogP) is 1.62. The summed E-state index contributed by atoms with van der Waals surface area (Å²) in [6.45, 7) is -0.164. The van der Waals surface area contributed by atoms with E-state index in [-0.39, 0.29) is 22.9 Å². The quantitative estimate of drug-likeness (QED) is 0.715. The van der Waals surface area contributed by atoms with E-state index in [1.165, 1.54) is 18.2 Å². The van der Waals surface area contributed by atoms with Gasteiger partial charge in [-0.1, -0.05) is 17.7 Å². The molecule has 0 amide bonds. The Bertz CT molecular complexity index is 314. The van der Waals surface area contributed by atoms with E-state index < -0.39 is 5.82 Å². The summed E-state index contributed by atoms with van der Waals surface area (Å²) in [6.07, 6.45) is 0. The largest absolute Gasteiger partial charge is 0.324 e. The van der Waals surface area contributed by atoms with Crippen LogP contribution >= 0.6 is 11.6 Å². The Hall–Kier alpha value is -0.930. The number of benzene rings is 1. The summed E-state index contributed by atoms with van der Waals surface area (Å²) >= 11 is 5.52. The zero-order valence-electron chi connectivity index (χ0n) is 6.18. The molecular weight excluding hydrogens is 181 g/mol. The van der Waals surface area contributed by atoms with Crippen molar-refractivity contribution in [3.05, 3.63) is 34.6 Å². The Balaban J connectivity index is 3.16. The van der Waals surface area contributed by atoms with Crippen molar-refractivity contribution >= 4 is 17.4 Å². The Kier molecular flexibility index (Phi) is 2.78. The van der Waals surface area contributed by atoms with Crippen LogP contribution in [-0.2, 0) is 0 Å². The van der Waals surface area contributed by atoms with Gasteiger partial charge in [-0.2, -0.15) is 0 Å². The summed E-state index contributed by atoms with van der Waals surface area (Å²) < 4.78 is 12.8. The second-order valence-corrected chi connectivity index (χ2v) is 2.61. The van der Waals surface area contributed by atoms with Gasteiger partial charge in [-0.15, -0.1) is 0 Å². The van der Waals surface area contributed by atoms with Crippen molar-refractivity contribution in [2.75, 3.05) is 6.54 Å². The van der Waals surface area contributed by atoms with Crippen LogP contribution < -0.4 is 5.73 Å². The lowest BCUT2D eigenvalue weighted by Gasteiger charge is -2.00. The van der Waals surface area contributed by atoms with Crippen LogP contribution in [0, 0.1) is 5.82 Å². The minimum absolute atomic E-state index is 0.138. The first-order valence-corrected chi connectivity index (χ1v) is 3.72. The fraction of sp³-hybridized carbons (Fsp3) is 0.125. The first-order valence-electron chi connectivity index (χ1n) is 3.34. The number of hydrogen-bond acceptors (Lipinski definition) is 2. The molecule has 1 aromatic carbocycles. The highest BCUT2D eigenvalue weighted by molar-refractivity contribution is 6.34. The van der Waals surface area contributed by atoms with Crippen molar-refractivity contribution < 1.29 is 9.18 Å². The highest BCUT2D eigenvalue weighted by Gasteiger charge is 2.10. The van der Waals surface area contributed by atoms with E-state index in [1.807, 2.05) is 0 Å². The minimum atomic E-state index is -0.601. The van der Waals surface area contributed by atoms with Gasteiger partial charge in [0.2, 0.25) is 0 Å². The Morgan fingerprint density at radius 3 is 2.83 bits per heavy atom. The number of carbonyl (C=O) groups excluding carboxylic acids is 1. The number of ketones is 1. The number of nitrogens with two attached hydrogens (primary N) is 1. The van der Waals surface area contributed by atoms with E-state index >= 15 is 0 Å². The number of halogens is 2. The molecule has 0 spiro atoms. The third kappa shape index (κ3) is 1.62. The third-order valence-corrected chi connectivity index (χ3v) is 1.82. The minimum Gasteiger partial charge on any atom is -0.324 e. The van der Waals surface area contributed by atoms with E-state index in [1.54, 1.807) is 0 Å². The van der Waals surface area contributed by atoms with E-state index in [4.69, 9.17) is 17.3 Å². The van der Waals surface area contributed by atoms with Gasteiger partial charge in [-0.05, 0) is 12.1 Å². The van der Waals surface area contributed by atoms with Crippen molar-refractivity contribution in [2.24, 2.45) is 5.73 Å². The average Bonchev–Trinajstić information content (AvgIpc) is 2.08. The average molecular weight is 188 g/mol. The molecule has 0 saturated carbocycles. The first kappa shape index (κ1) is 9.16. The third-order valence-electron chi connectivity index (χ3n) is 1.44. The standard InChI is InChI=1S/C8H7ClFNO/c9-8-5(7(12)4-11)2-1-3-6(8)10/h1-3H,4,11H2. The van der Waals surface area contributed by atoms with Crippen LogP contribution in [-0.4, -0.2) is 12.3 Å². The highest BCUT2D eigenvalue weighted by Crippen LogP contribution is 2.19. The van der Waals surface area contributed by atoms with E-state index in [2.05, 4.69) is 0 Å². The molecule has 1 rings (SSSR count). The van der Waals surface area contributed by atoms with Crippen LogP contribution in [0.2, 0.25) is 5.02 Å². The SMILES string of the molecule is NCC(=O)c1cccc(F)c1Cl. The van der Waals surface area contributed by atoms with Gasteiger partial charge < -0.3 is 5.73 Å². The predicted molar refractivity (Wildman–Crippen MR) is 44.8 cm³/mol. The fourth-order valence-corrected chi connectivity index (χ4v) is 1.06. The van der Waals surface area contributed by atoms with Crippen molar-refractivity contribution in [3.8, 4) is 0 Å². The summed E-state index contributed by atoms with van der Waals surface area (Å²) in [4.78, 5) is 11.0. The molecule has 0 bridgehead atoms. The van der Waals surface area contributed by atoms with Crippen LogP contribution in [0.25, 0.3) is 0 Å². The van der Waals surface area contributed by atoms with Crippen molar-refractivity contribution in [3.63, 3.8) is 0 Å². The number of rotatable bonds is 2. The van der Waals surface area contributed by atoms with Crippen LogP contribution in [0.4, 0.5) is 4.39 Å². The smallest absolute Gasteiger partial charge is 0.177 e. The highest BCUT2D eigenvalue weighted by atomic mass is 35.5. The van der Waals surface area contributed by atoms with Gasteiger partial charge in [-0.25, -0.2) is 4.39 Å². The van der Waals surface area contributed by atoms with Crippen molar-refractivity contribution in [1.29, 1.82) is 0 Å². The van der Waals surface area contributed by atoms with Gasteiger partial charge in [-0.3, -0.25) is 4.79 Å². The van der Waals surface area contributed by atoms with Crippen LogP contribution in [0.3, 0.4) is 0 Å². The summed E-state index contributed by atoms with van der Waals surface area (Å²) in [7, 11) is 0. The molecule has 0 radical (unpaired) electrons. The first-order chi connectivity index (χ1) is 5.66. The lowest BCUT2D eigenvalue weighted by molar-refractivity contribution is 0.100. The molecule has 0 aliphatic carbocycles. The molecule has 0 saturated heterocycles. The maximum absolute atomic E-state index is 12.8. The lowest BCUT2D eigenvalue weighted by Crippen LogP contribution is -2.14. The van der Waals surface area contributed by atoms with E-state index in [0.717, 1.165) is 0 Å². The van der Waals surface area contributed by atoms with Crippen molar-refractivity contribution in [1.82, 2.24) is 0 Å². The molecule has 2 nitrogen and oxygen atoms in total. The molecule has 0 aliphatic rings. The second-order valence-electron chi connectivity index (χ2n) is 2.23. The van der Waals surface area contributed by atoms with Crippen LogP contribution in [0.5, 0.6) is 0 Å². The zero-order valence-corrected chi connectivity index (χ0v) is 6.94. The topological polar surface area (TPSA) is 43.1 Å². The zero-order chi connectivity index (χ0) is 9.14. The van der Waals surface area contributed by atoms with Gasteiger partial charge in [0.25, 0.3) is 0 Å². The molecule has 0 aliphatic heterocycles. The molecule has 0 fully saturated rings. The van der Waals surface area contributed by atoms with Crippen LogP contribution in [0.15, 0.2) is 18.2 Å². The number of carbonyl (C=O) groups is 1. The summed E-state index contributed by atoms with van der Waals surface area (Å²) in [5.74, 6) is -0.963. The summed E-state index contributed by atoms with van der Waals surface area (Å²) in [5.41, 5.74) is 5.23. The number of hydrogen-bond donors (Lipinski definition) is 1. The maximum atomic E-state index is 12.8. The van der Waals surface area contributed by atoms with E-state index in [0.29, 0.717) is 0 Å². The molecule has 0 aromatic heterocycles. The number of Topliss-reactive ketones (excluding diaryl/α,β-unsaturated/α-hetero) is 1. The Labute approximate surface area is 74.1 Å². The van der Waals surface area contributed by atoms with Crippen molar-refractivity contribution in [2.45, 2.75) is 0 Å². The molecule has 0 heterocycles. The molecule has 0 atom stereocenters. The summed E-state index contributed by atoms with van der Waals surface area (Å²) in [5, 5.41) is -0.159. The normalized spacial score (nSPS) is 9.92. The molecule has 64 valence electrons. The molecule has 0 unspecified atom stereocenters. The Morgan fingerprint density at radius 2 is 2.25 bits per heavy atom. The van der Waals surface area contributed by atoms with Gasteiger partial charge in [0.05, 0.1) is 11.6 Å². The fourth-order valence-electron chi connectivity index (χ4n) is 0.829. The molecule has 2 N–H and O–H groups in total. The Morgan fingerprint density at radius 1 is 1.58 bits per heavy atom. The van der Waals surface area contributed by atoms with Crippen LogP contribution in [0.1, 0.15) is 10.4 Å². The molecule has 12 heavy (non-hydrogen) atoms. The lowest BCUT2D eigenvalue weighted by atomic mass is 10.1. The molecular formula is C8H7ClFNO. The second kappa shape index (κ2) is 3.65. The molecule has 4 heteroatoms. The van der Waals surface area contributed by atoms with Gasteiger partial charge in [0.1, 0.15) is 5.82 Å². The van der Waals surface area contributed by atoms with Gasteiger partial charge in [0.15, 0.2) is 5.78 Å². The van der Waals surface area contributed by atoms with Gasteiger partial charge in [0, 0.05) is 5.56 Å². The maximum Gasteiger partial charge on any atom is 0.177 e. The van der Waals surface area contributed by atoms with Gasteiger partial charge >= 0.3 is 0 Å². The summed E-state index contributed by atoms with van der Waals surface area (Å²) in [6, 6.07) is 4.06.